The summed E-state index contributed by atoms with van der Waals surface area (Å²) in [5.74, 6) is 0.670. The minimum atomic E-state index is -0.418. The van der Waals surface area contributed by atoms with Gasteiger partial charge in [0.05, 0.1) is 6.10 Å². The molecule has 0 aliphatic carbocycles. The van der Waals surface area contributed by atoms with Gasteiger partial charge in [-0.25, -0.2) is 0 Å². The summed E-state index contributed by atoms with van der Waals surface area (Å²) in [6.07, 6.45) is 5.86. The van der Waals surface area contributed by atoms with E-state index in [-0.39, 0.29) is 0 Å². The lowest BCUT2D eigenvalue weighted by Gasteiger charge is -2.13. The van der Waals surface area contributed by atoms with Crippen LogP contribution in [0.3, 0.4) is 0 Å². The molecule has 2 heteroatoms. The summed E-state index contributed by atoms with van der Waals surface area (Å²) in [5.41, 5.74) is 2.33. The Hall–Kier alpha value is -1.12. The summed E-state index contributed by atoms with van der Waals surface area (Å²) in [6.45, 7) is 7.98. The van der Waals surface area contributed by atoms with Crippen molar-refractivity contribution in [2.45, 2.75) is 39.7 Å². The molecule has 19 heavy (non-hydrogen) atoms. The number of aliphatic hydroxyl groups is 1. The number of allylic oxidation sites excluding steroid dienone is 1. The van der Waals surface area contributed by atoms with Crippen LogP contribution in [0.4, 0.5) is 0 Å². The second-order valence-corrected chi connectivity index (χ2v) is 5.42. The lowest BCUT2D eigenvalue weighted by Crippen LogP contribution is -2.22. The Kier molecular flexibility index (Phi) is 7.46. The summed E-state index contributed by atoms with van der Waals surface area (Å²) in [6, 6.07) is 8.32. The zero-order valence-corrected chi connectivity index (χ0v) is 12.4. The van der Waals surface area contributed by atoms with Gasteiger partial charge in [-0.2, -0.15) is 0 Å². The summed E-state index contributed by atoms with van der Waals surface area (Å²) in [5, 5.41) is 13.3. The molecule has 0 saturated carbocycles. The van der Waals surface area contributed by atoms with Gasteiger partial charge in [0.15, 0.2) is 0 Å². The van der Waals surface area contributed by atoms with Crippen LogP contribution in [0.25, 0.3) is 0 Å². The molecule has 0 radical (unpaired) electrons. The topological polar surface area (TPSA) is 32.3 Å². The second-order valence-electron chi connectivity index (χ2n) is 5.42. The third-order valence-corrected chi connectivity index (χ3v) is 3.07. The largest absolute Gasteiger partial charge is 0.387 e. The van der Waals surface area contributed by atoms with Crippen LogP contribution >= 0.6 is 0 Å². The van der Waals surface area contributed by atoms with E-state index in [1.165, 1.54) is 5.56 Å². The monoisotopic (exact) mass is 261 g/mol. The van der Waals surface area contributed by atoms with Crippen molar-refractivity contribution in [2.24, 2.45) is 5.92 Å². The van der Waals surface area contributed by atoms with Crippen LogP contribution in [0.5, 0.6) is 0 Å². The molecule has 0 bridgehead atoms. The first-order valence-electron chi connectivity index (χ1n) is 7.22. The van der Waals surface area contributed by atoms with Crippen molar-refractivity contribution < 1.29 is 5.11 Å². The van der Waals surface area contributed by atoms with E-state index in [4.69, 9.17) is 0 Å². The number of nitrogens with one attached hydrogen (secondary N) is 1. The van der Waals surface area contributed by atoms with Gasteiger partial charge in [-0.15, -0.1) is 0 Å². The molecule has 106 valence electrons. The number of aliphatic hydroxyl groups excluding tert-OH is 1. The van der Waals surface area contributed by atoms with Crippen molar-refractivity contribution in [3.8, 4) is 0 Å². The van der Waals surface area contributed by atoms with E-state index in [9.17, 15) is 5.11 Å². The van der Waals surface area contributed by atoms with Gasteiger partial charge in [0.2, 0.25) is 0 Å². The molecule has 1 aromatic rings. The van der Waals surface area contributed by atoms with E-state index in [0.717, 1.165) is 24.9 Å². The fourth-order valence-electron chi connectivity index (χ4n) is 2.06. The van der Waals surface area contributed by atoms with Crippen LogP contribution in [-0.4, -0.2) is 18.2 Å². The average molecular weight is 261 g/mol. The first kappa shape index (κ1) is 15.9. The van der Waals surface area contributed by atoms with Gasteiger partial charge in [-0.1, -0.05) is 50.3 Å². The van der Waals surface area contributed by atoms with Crippen LogP contribution in [0.15, 0.2) is 36.4 Å². The van der Waals surface area contributed by atoms with Crippen molar-refractivity contribution in [2.75, 3.05) is 13.1 Å². The molecule has 0 aliphatic rings. The van der Waals surface area contributed by atoms with Crippen molar-refractivity contribution in [1.82, 2.24) is 5.32 Å². The van der Waals surface area contributed by atoms with Crippen molar-refractivity contribution in [3.63, 3.8) is 0 Å². The molecule has 1 rings (SSSR count). The molecule has 0 aromatic heterocycles. The standard InChI is InChI=1S/C17H27NO/c1-4-5-6-11-18-13-17(19)16-9-7-15(8-10-16)12-14(2)3/h4-5,7-10,14,17-19H,6,11-13H2,1-3H3/b5-4+. The number of benzene rings is 1. The number of hydrogen-bond acceptors (Lipinski definition) is 2. The molecular formula is C17H27NO. The van der Waals surface area contributed by atoms with E-state index in [1.807, 2.05) is 25.1 Å². The SMILES string of the molecule is C/C=C/CCNCC(O)c1ccc(CC(C)C)cc1. The third-order valence-electron chi connectivity index (χ3n) is 3.07. The maximum atomic E-state index is 10.1. The molecule has 2 nitrogen and oxygen atoms in total. The van der Waals surface area contributed by atoms with Gasteiger partial charge >= 0.3 is 0 Å². The van der Waals surface area contributed by atoms with Crippen LogP contribution in [-0.2, 0) is 6.42 Å². The first-order chi connectivity index (χ1) is 9.13. The van der Waals surface area contributed by atoms with E-state index < -0.39 is 6.10 Å². The highest BCUT2D eigenvalue weighted by Crippen LogP contribution is 2.15. The van der Waals surface area contributed by atoms with Crippen LogP contribution in [0.2, 0.25) is 0 Å². The normalized spacial score (nSPS) is 13.3. The molecular weight excluding hydrogens is 234 g/mol. The Balaban J connectivity index is 2.37. The quantitative estimate of drug-likeness (QED) is 0.555. The van der Waals surface area contributed by atoms with E-state index >= 15 is 0 Å². The summed E-state index contributed by atoms with van der Waals surface area (Å²) in [4.78, 5) is 0. The Morgan fingerprint density at radius 2 is 1.89 bits per heavy atom. The summed E-state index contributed by atoms with van der Waals surface area (Å²) < 4.78 is 0. The first-order valence-corrected chi connectivity index (χ1v) is 7.22. The Morgan fingerprint density at radius 1 is 1.21 bits per heavy atom. The average Bonchev–Trinajstić information content (AvgIpc) is 2.38. The zero-order chi connectivity index (χ0) is 14.1. The lowest BCUT2D eigenvalue weighted by molar-refractivity contribution is 0.175. The minimum Gasteiger partial charge on any atom is -0.387 e. The molecule has 0 spiro atoms. The van der Waals surface area contributed by atoms with Gasteiger partial charge in [0.1, 0.15) is 0 Å². The third kappa shape index (κ3) is 6.55. The summed E-state index contributed by atoms with van der Waals surface area (Å²) in [7, 11) is 0. The Labute approximate surface area is 117 Å². The van der Waals surface area contributed by atoms with Crippen molar-refractivity contribution >= 4 is 0 Å². The van der Waals surface area contributed by atoms with Crippen molar-refractivity contribution in [1.29, 1.82) is 0 Å². The molecule has 0 amide bonds. The second kappa shape index (κ2) is 8.89. The Bertz CT molecular complexity index is 367. The molecule has 0 heterocycles. The predicted molar refractivity (Wildman–Crippen MR) is 82.2 cm³/mol. The van der Waals surface area contributed by atoms with Gasteiger partial charge in [0, 0.05) is 6.54 Å². The van der Waals surface area contributed by atoms with Gasteiger partial charge in [-0.3, -0.25) is 0 Å². The number of rotatable bonds is 8. The van der Waals surface area contributed by atoms with Crippen LogP contribution < -0.4 is 5.32 Å². The van der Waals surface area contributed by atoms with Crippen molar-refractivity contribution in [3.05, 3.63) is 47.5 Å². The van der Waals surface area contributed by atoms with E-state index in [1.54, 1.807) is 0 Å². The maximum absolute atomic E-state index is 10.1. The summed E-state index contributed by atoms with van der Waals surface area (Å²) >= 11 is 0. The molecule has 0 saturated heterocycles. The fraction of sp³-hybridized carbons (Fsp3) is 0.529. The molecule has 1 unspecified atom stereocenters. The van der Waals surface area contributed by atoms with Crippen LogP contribution in [0.1, 0.15) is 44.4 Å². The van der Waals surface area contributed by atoms with E-state index in [0.29, 0.717) is 12.5 Å². The molecule has 0 aliphatic heterocycles. The highest BCUT2D eigenvalue weighted by atomic mass is 16.3. The highest BCUT2D eigenvalue weighted by Gasteiger charge is 2.06. The van der Waals surface area contributed by atoms with E-state index in [2.05, 4.69) is 37.4 Å². The molecule has 1 atom stereocenters. The Morgan fingerprint density at radius 3 is 2.47 bits per heavy atom. The predicted octanol–water partition coefficient (Wildman–Crippen LogP) is 3.47. The molecule has 1 aromatic carbocycles. The van der Waals surface area contributed by atoms with Gasteiger partial charge in [0.25, 0.3) is 0 Å². The number of hydrogen-bond donors (Lipinski definition) is 2. The zero-order valence-electron chi connectivity index (χ0n) is 12.4. The fourth-order valence-corrected chi connectivity index (χ4v) is 2.06. The molecule has 0 fully saturated rings. The highest BCUT2D eigenvalue weighted by molar-refractivity contribution is 5.24. The smallest absolute Gasteiger partial charge is 0.0914 e. The minimum absolute atomic E-state index is 0.418. The molecule has 2 N–H and O–H groups in total. The van der Waals surface area contributed by atoms with Gasteiger partial charge in [-0.05, 0) is 43.4 Å². The maximum Gasteiger partial charge on any atom is 0.0914 e. The van der Waals surface area contributed by atoms with Gasteiger partial charge < -0.3 is 10.4 Å². The lowest BCUT2D eigenvalue weighted by atomic mass is 10.0. The van der Waals surface area contributed by atoms with Crippen LogP contribution in [0, 0.1) is 5.92 Å².